The lowest BCUT2D eigenvalue weighted by Crippen LogP contribution is -2.37. The third kappa shape index (κ3) is 5.54. The number of hydrogen-bond acceptors (Lipinski definition) is 4. The summed E-state index contributed by atoms with van der Waals surface area (Å²) in [6.07, 6.45) is 4.68. The molecule has 1 saturated heterocycles. The van der Waals surface area contributed by atoms with Gasteiger partial charge in [0.05, 0.1) is 5.01 Å². The first-order valence-electron chi connectivity index (χ1n) is 11.1. The molecule has 7 heteroatoms. The van der Waals surface area contributed by atoms with Crippen molar-refractivity contribution in [3.63, 3.8) is 0 Å². The summed E-state index contributed by atoms with van der Waals surface area (Å²) in [5.41, 5.74) is 2.67. The van der Waals surface area contributed by atoms with Crippen LogP contribution in [0.1, 0.15) is 47.1 Å². The Morgan fingerprint density at radius 1 is 1.15 bits per heavy atom. The molecule has 1 aliphatic heterocycles. The van der Waals surface area contributed by atoms with Gasteiger partial charge in [-0.1, -0.05) is 36.4 Å². The molecule has 0 aliphatic carbocycles. The molecule has 0 bridgehead atoms. The van der Waals surface area contributed by atoms with Crippen LogP contribution in [-0.2, 0) is 4.79 Å². The summed E-state index contributed by atoms with van der Waals surface area (Å²) < 4.78 is 13.3. The first-order valence-corrected chi connectivity index (χ1v) is 11.9. The zero-order chi connectivity index (χ0) is 23.2. The molecule has 1 aliphatic rings. The van der Waals surface area contributed by atoms with E-state index in [1.807, 2.05) is 29.2 Å². The van der Waals surface area contributed by atoms with Gasteiger partial charge in [0.2, 0.25) is 5.91 Å². The number of hydrogen-bond donors (Lipinski definition) is 1. The minimum absolute atomic E-state index is 0.173. The lowest BCUT2D eigenvalue weighted by atomic mass is 9.97. The van der Waals surface area contributed by atoms with Crippen molar-refractivity contribution in [2.45, 2.75) is 31.6 Å². The molecule has 4 rings (SSSR count). The Labute approximate surface area is 197 Å². The number of allylic oxidation sites excluding steroid dienone is 1. The molecule has 0 unspecified atom stereocenters. The minimum atomic E-state index is -0.303. The zero-order valence-electron chi connectivity index (χ0n) is 18.3. The summed E-state index contributed by atoms with van der Waals surface area (Å²) in [4.78, 5) is 31.6. The Hall–Kier alpha value is -3.32. The van der Waals surface area contributed by atoms with Gasteiger partial charge in [-0.05, 0) is 43.0 Å². The van der Waals surface area contributed by atoms with Gasteiger partial charge >= 0.3 is 0 Å². The Morgan fingerprint density at radius 2 is 1.88 bits per heavy atom. The number of piperidine rings is 1. The highest BCUT2D eigenvalue weighted by atomic mass is 32.1. The largest absolute Gasteiger partial charge is 0.343 e. The van der Waals surface area contributed by atoms with Crippen LogP contribution in [0.3, 0.4) is 0 Å². The number of nitrogens with zero attached hydrogens (tertiary/aromatic N) is 2. The fourth-order valence-electron chi connectivity index (χ4n) is 4.00. The second-order valence-electron chi connectivity index (χ2n) is 8.06. The number of aromatic nitrogens is 1. The lowest BCUT2D eigenvalue weighted by molar-refractivity contribution is -0.132. The summed E-state index contributed by atoms with van der Waals surface area (Å²) in [5.74, 6) is -0.148. The van der Waals surface area contributed by atoms with E-state index in [0.29, 0.717) is 37.3 Å². The van der Waals surface area contributed by atoms with Crippen molar-refractivity contribution < 1.29 is 14.0 Å². The van der Waals surface area contributed by atoms with Gasteiger partial charge in [0.1, 0.15) is 11.5 Å². The van der Waals surface area contributed by atoms with Crippen molar-refractivity contribution in [1.82, 2.24) is 9.88 Å². The first kappa shape index (κ1) is 22.9. The van der Waals surface area contributed by atoms with Gasteiger partial charge < -0.3 is 10.2 Å². The average Bonchev–Trinajstić information content (AvgIpc) is 3.34. The van der Waals surface area contributed by atoms with E-state index in [0.717, 1.165) is 29.0 Å². The number of carbonyl (C=O) groups is 2. The summed E-state index contributed by atoms with van der Waals surface area (Å²) in [6.45, 7) is 5.10. The molecule has 0 atom stereocenters. The van der Waals surface area contributed by atoms with E-state index < -0.39 is 0 Å². The molecule has 1 fully saturated rings. The van der Waals surface area contributed by atoms with Crippen LogP contribution in [0.2, 0.25) is 0 Å². The standard InChI is InChI=1S/C26H26FN3O2S/c1-2-3-8-24(31)30-15-13-19(14-16-30)26-29-23(17-33-26)25(32)28-22-7-5-4-6-21(22)18-9-11-20(27)12-10-18/h2,4-7,9-12,17,19H,1,3,8,13-16H2,(H,28,32). The highest BCUT2D eigenvalue weighted by Gasteiger charge is 2.26. The molecule has 0 radical (unpaired) electrons. The highest BCUT2D eigenvalue weighted by molar-refractivity contribution is 7.10. The van der Waals surface area contributed by atoms with E-state index in [2.05, 4.69) is 16.9 Å². The number of nitrogens with one attached hydrogen (secondary N) is 1. The van der Waals surface area contributed by atoms with Crippen LogP contribution in [0.25, 0.3) is 11.1 Å². The SMILES string of the molecule is C=CCCC(=O)N1CCC(c2nc(C(=O)Nc3ccccc3-c3ccc(F)cc3)cs2)CC1. The van der Waals surface area contributed by atoms with E-state index in [4.69, 9.17) is 0 Å². The van der Waals surface area contributed by atoms with E-state index in [1.165, 1.54) is 23.5 Å². The van der Waals surface area contributed by atoms with Gasteiger partial charge in [-0.25, -0.2) is 9.37 Å². The van der Waals surface area contributed by atoms with Crippen molar-refractivity contribution in [1.29, 1.82) is 0 Å². The number of para-hydroxylation sites is 1. The molecule has 2 aromatic carbocycles. The molecule has 1 aromatic heterocycles. The topological polar surface area (TPSA) is 62.3 Å². The van der Waals surface area contributed by atoms with Crippen LogP contribution < -0.4 is 5.32 Å². The van der Waals surface area contributed by atoms with Gasteiger partial charge in [0, 0.05) is 42.1 Å². The van der Waals surface area contributed by atoms with Crippen molar-refractivity contribution in [3.05, 3.63) is 83.1 Å². The number of amides is 2. The molecule has 0 saturated carbocycles. The second-order valence-corrected chi connectivity index (χ2v) is 8.95. The van der Waals surface area contributed by atoms with Crippen LogP contribution >= 0.6 is 11.3 Å². The Balaban J connectivity index is 1.40. The van der Waals surface area contributed by atoms with Gasteiger partial charge in [0.25, 0.3) is 5.91 Å². The quantitative estimate of drug-likeness (QED) is 0.446. The van der Waals surface area contributed by atoms with Crippen molar-refractivity contribution in [2.24, 2.45) is 0 Å². The number of likely N-dealkylation sites (tertiary alicyclic amines) is 1. The molecule has 2 heterocycles. The van der Waals surface area contributed by atoms with Gasteiger partial charge in [-0.3, -0.25) is 9.59 Å². The normalized spacial score (nSPS) is 14.2. The van der Waals surface area contributed by atoms with Crippen LogP contribution in [-0.4, -0.2) is 34.8 Å². The zero-order valence-corrected chi connectivity index (χ0v) is 19.1. The molecule has 33 heavy (non-hydrogen) atoms. The maximum atomic E-state index is 13.3. The molecular weight excluding hydrogens is 437 g/mol. The Morgan fingerprint density at radius 3 is 2.61 bits per heavy atom. The van der Waals surface area contributed by atoms with Crippen molar-refractivity contribution >= 4 is 28.8 Å². The van der Waals surface area contributed by atoms with Crippen molar-refractivity contribution in [3.8, 4) is 11.1 Å². The molecule has 170 valence electrons. The first-order chi connectivity index (χ1) is 16.0. The molecule has 5 nitrogen and oxygen atoms in total. The fourth-order valence-corrected chi connectivity index (χ4v) is 4.97. The number of benzene rings is 2. The molecule has 1 N–H and O–H groups in total. The van der Waals surface area contributed by atoms with Crippen LogP contribution in [0, 0.1) is 5.82 Å². The maximum absolute atomic E-state index is 13.3. The third-order valence-electron chi connectivity index (χ3n) is 5.84. The van der Waals surface area contributed by atoms with E-state index >= 15 is 0 Å². The molecule has 2 amide bonds. The fraction of sp³-hybridized carbons (Fsp3) is 0.269. The summed E-state index contributed by atoms with van der Waals surface area (Å²) in [6, 6.07) is 13.6. The number of rotatable bonds is 7. The summed E-state index contributed by atoms with van der Waals surface area (Å²) in [5, 5.41) is 5.67. The number of anilines is 1. The van der Waals surface area contributed by atoms with Gasteiger partial charge in [-0.15, -0.1) is 17.9 Å². The van der Waals surface area contributed by atoms with E-state index in [1.54, 1.807) is 23.6 Å². The van der Waals surface area contributed by atoms with E-state index in [-0.39, 0.29) is 23.5 Å². The minimum Gasteiger partial charge on any atom is -0.343 e. The summed E-state index contributed by atoms with van der Waals surface area (Å²) in [7, 11) is 0. The predicted molar refractivity (Wildman–Crippen MR) is 130 cm³/mol. The average molecular weight is 464 g/mol. The second kappa shape index (κ2) is 10.5. The number of halogens is 1. The van der Waals surface area contributed by atoms with Crippen LogP contribution in [0.15, 0.2) is 66.6 Å². The lowest BCUT2D eigenvalue weighted by Gasteiger charge is -2.31. The van der Waals surface area contributed by atoms with E-state index in [9.17, 15) is 14.0 Å². The van der Waals surface area contributed by atoms with Crippen LogP contribution in [0.4, 0.5) is 10.1 Å². The third-order valence-corrected chi connectivity index (χ3v) is 6.85. The Kier molecular flexibility index (Phi) is 7.29. The monoisotopic (exact) mass is 463 g/mol. The van der Waals surface area contributed by atoms with Crippen LogP contribution in [0.5, 0.6) is 0 Å². The Bertz CT molecular complexity index is 1130. The summed E-state index contributed by atoms with van der Waals surface area (Å²) >= 11 is 1.49. The molecule has 0 spiro atoms. The molecule has 3 aromatic rings. The number of thiazole rings is 1. The highest BCUT2D eigenvalue weighted by Crippen LogP contribution is 2.32. The smallest absolute Gasteiger partial charge is 0.275 e. The van der Waals surface area contributed by atoms with Gasteiger partial charge in [-0.2, -0.15) is 0 Å². The maximum Gasteiger partial charge on any atom is 0.275 e. The predicted octanol–water partition coefficient (Wildman–Crippen LogP) is 5.87. The number of carbonyl (C=O) groups excluding carboxylic acids is 2. The molecular formula is C26H26FN3O2S. The van der Waals surface area contributed by atoms with Crippen molar-refractivity contribution in [2.75, 3.05) is 18.4 Å². The van der Waals surface area contributed by atoms with Gasteiger partial charge in [0.15, 0.2) is 0 Å².